The van der Waals surface area contributed by atoms with E-state index < -0.39 is 0 Å². The summed E-state index contributed by atoms with van der Waals surface area (Å²) >= 11 is 0. The second-order valence-electron chi connectivity index (χ2n) is 8.17. The molecule has 1 N–H and O–H groups in total. The van der Waals surface area contributed by atoms with Crippen LogP contribution < -0.4 is 19.5 Å². The zero-order valence-corrected chi connectivity index (χ0v) is 19.6. The van der Waals surface area contributed by atoms with Crippen molar-refractivity contribution < 1.29 is 19.0 Å². The molecule has 1 amide bonds. The first kappa shape index (κ1) is 22.5. The molecule has 0 fully saturated rings. The number of amides is 1. The molecule has 0 spiro atoms. The van der Waals surface area contributed by atoms with E-state index in [0.717, 1.165) is 39.6 Å². The molecule has 0 unspecified atom stereocenters. The first-order valence-corrected chi connectivity index (χ1v) is 11.7. The van der Waals surface area contributed by atoms with E-state index in [0.29, 0.717) is 31.7 Å². The molecule has 178 valence electrons. The number of para-hydroxylation sites is 2. The highest BCUT2D eigenvalue weighted by atomic mass is 16.7. The van der Waals surface area contributed by atoms with Gasteiger partial charge in [-0.25, -0.2) is 4.68 Å². The number of rotatable bonds is 9. The van der Waals surface area contributed by atoms with Gasteiger partial charge in [0, 0.05) is 30.3 Å². The van der Waals surface area contributed by atoms with E-state index in [-0.39, 0.29) is 12.7 Å². The highest BCUT2D eigenvalue weighted by Crippen LogP contribution is 2.36. The summed E-state index contributed by atoms with van der Waals surface area (Å²) in [6, 6.07) is 23.5. The number of benzene rings is 3. The van der Waals surface area contributed by atoms with E-state index in [1.54, 1.807) is 0 Å². The van der Waals surface area contributed by atoms with Crippen molar-refractivity contribution in [2.24, 2.45) is 0 Å². The van der Waals surface area contributed by atoms with Gasteiger partial charge in [-0.3, -0.25) is 4.79 Å². The highest BCUT2D eigenvalue weighted by Gasteiger charge is 2.18. The Hall–Kier alpha value is -4.26. The number of aryl methyl sites for hydroxylation is 1. The Morgan fingerprint density at radius 2 is 1.80 bits per heavy atom. The average molecular weight is 470 g/mol. The molecular weight excluding hydrogens is 442 g/mol. The van der Waals surface area contributed by atoms with Crippen LogP contribution >= 0.6 is 0 Å². The van der Waals surface area contributed by atoms with Gasteiger partial charge in [-0.1, -0.05) is 36.4 Å². The van der Waals surface area contributed by atoms with Crippen molar-refractivity contribution in [2.45, 2.75) is 26.3 Å². The van der Waals surface area contributed by atoms with Crippen molar-refractivity contribution >= 4 is 5.91 Å². The highest BCUT2D eigenvalue weighted by molar-refractivity contribution is 5.77. The molecule has 3 aromatic carbocycles. The Bertz CT molecular complexity index is 1320. The van der Waals surface area contributed by atoms with Crippen LogP contribution in [0.2, 0.25) is 0 Å². The molecule has 2 heterocycles. The zero-order chi connectivity index (χ0) is 24.0. The molecule has 5 rings (SSSR count). The molecule has 4 aromatic rings. The van der Waals surface area contributed by atoms with Crippen molar-refractivity contribution in [3.05, 3.63) is 90.1 Å². The minimum atomic E-state index is -0.0274. The van der Waals surface area contributed by atoms with Crippen LogP contribution in [0.15, 0.2) is 79.0 Å². The maximum absolute atomic E-state index is 12.7. The van der Waals surface area contributed by atoms with Crippen LogP contribution in [0.5, 0.6) is 17.2 Å². The molecule has 0 saturated heterocycles. The molecule has 0 aliphatic carbocycles. The quantitative estimate of drug-likeness (QED) is 0.377. The fourth-order valence-corrected chi connectivity index (χ4v) is 4.07. The van der Waals surface area contributed by atoms with Gasteiger partial charge in [-0.2, -0.15) is 5.10 Å². The fraction of sp³-hybridized carbons (Fsp3) is 0.214. The van der Waals surface area contributed by atoms with Gasteiger partial charge < -0.3 is 19.5 Å². The number of carbonyl (C=O) groups is 1. The first-order valence-electron chi connectivity index (χ1n) is 11.7. The van der Waals surface area contributed by atoms with Crippen molar-refractivity contribution in [3.8, 4) is 34.2 Å². The summed E-state index contributed by atoms with van der Waals surface area (Å²) in [5, 5.41) is 7.87. The molecule has 35 heavy (non-hydrogen) atoms. The number of fused-ring (bicyclic) bond motifs is 1. The predicted octanol–water partition coefficient (Wildman–Crippen LogP) is 4.92. The normalized spacial score (nSPS) is 11.9. The van der Waals surface area contributed by atoms with E-state index in [9.17, 15) is 4.79 Å². The molecule has 7 heteroatoms. The fourth-order valence-electron chi connectivity index (χ4n) is 4.07. The summed E-state index contributed by atoms with van der Waals surface area (Å²) in [5.74, 6) is 2.20. The Labute approximate surface area is 204 Å². The minimum absolute atomic E-state index is 0.0274. The predicted molar refractivity (Wildman–Crippen MR) is 133 cm³/mol. The van der Waals surface area contributed by atoms with Crippen LogP contribution in [-0.4, -0.2) is 29.1 Å². The molecule has 0 radical (unpaired) electrons. The molecular formula is C28H27N3O4. The Kier molecular flexibility index (Phi) is 6.66. The SMILES string of the molecule is CCOc1ccccc1CNC(=O)CCc1cn(-c2ccccc2)nc1-c1ccc2c(c1)OCO2. The third-order valence-electron chi connectivity index (χ3n) is 5.83. The molecule has 1 aromatic heterocycles. The van der Waals surface area contributed by atoms with Crippen LogP contribution in [-0.2, 0) is 17.8 Å². The Balaban J connectivity index is 1.33. The van der Waals surface area contributed by atoms with Gasteiger partial charge in [0.1, 0.15) is 5.75 Å². The molecule has 7 nitrogen and oxygen atoms in total. The number of hydrogen-bond acceptors (Lipinski definition) is 5. The van der Waals surface area contributed by atoms with E-state index in [1.807, 2.05) is 90.6 Å². The molecule has 0 atom stereocenters. The third kappa shape index (κ3) is 5.14. The van der Waals surface area contributed by atoms with Crippen LogP contribution in [0.3, 0.4) is 0 Å². The summed E-state index contributed by atoms with van der Waals surface area (Å²) < 4.78 is 18.5. The second kappa shape index (κ2) is 10.3. The van der Waals surface area contributed by atoms with E-state index >= 15 is 0 Å². The lowest BCUT2D eigenvalue weighted by atomic mass is 10.0. The van der Waals surface area contributed by atoms with Crippen LogP contribution in [0, 0.1) is 0 Å². The number of aromatic nitrogens is 2. The van der Waals surface area contributed by atoms with Crippen LogP contribution in [0.1, 0.15) is 24.5 Å². The maximum atomic E-state index is 12.7. The number of ether oxygens (including phenoxy) is 3. The Morgan fingerprint density at radius 3 is 2.66 bits per heavy atom. The minimum Gasteiger partial charge on any atom is -0.494 e. The van der Waals surface area contributed by atoms with Gasteiger partial charge in [0.25, 0.3) is 0 Å². The molecule has 0 saturated carbocycles. The lowest BCUT2D eigenvalue weighted by Crippen LogP contribution is -2.23. The standard InChI is InChI=1S/C28H27N3O4/c1-2-33-24-11-7-6-8-21(24)17-29-27(32)15-13-22-18-31(23-9-4-3-5-10-23)30-28(22)20-12-14-25-26(16-20)35-19-34-25/h3-12,14,16,18H,2,13,15,17,19H2,1H3,(H,29,32). The molecule has 0 bridgehead atoms. The first-order chi connectivity index (χ1) is 17.2. The zero-order valence-electron chi connectivity index (χ0n) is 19.6. The summed E-state index contributed by atoms with van der Waals surface area (Å²) in [5.41, 5.74) is 4.64. The smallest absolute Gasteiger partial charge is 0.231 e. The van der Waals surface area contributed by atoms with Gasteiger partial charge in [-0.05, 0) is 55.3 Å². The number of nitrogens with zero attached hydrogens (tertiary/aromatic N) is 2. The topological polar surface area (TPSA) is 74.6 Å². The third-order valence-corrected chi connectivity index (χ3v) is 5.83. The summed E-state index contributed by atoms with van der Waals surface area (Å²) in [7, 11) is 0. The van der Waals surface area contributed by atoms with Gasteiger partial charge in [0.2, 0.25) is 12.7 Å². The second-order valence-corrected chi connectivity index (χ2v) is 8.17. The van der Waals surface area contributed by atoms with Crippen molar-refractivity contribution in [1.29, 1.82) is 0 Å². The van der Waals surface area contributed by atoms with Crippen LogP contribution in [0.25, 0.3) is 16.9 Å². The largest absolute Gasteiger partial charge is 0.494 e. The molecule has 1 aliphatic rings. The van der Waals surface area contributed by atoms with E-state index in [1.165, 1.54) is 0 Å². The maximum Gasteiger partial charge on any atom is 0.231 e. The van der Waals surface area contributed by atoms with Gasteiger partial charge >= 0.3 is 0 Å². The van der Waals surface area contributed by atoms with Gasteiger partial charge in [-0.15, -0.1) is 0 Å². The summed E-state index contributed by atoms with van der Waals surface area (Å²) in [6.45, 7) is 3.17. The average Bonchev–Trinajstić information content (AvgIpc) is 3.54. The van der Waals surface area contributed by atoms with Crippen molar-refractivity contribution in [2.75, 3.05) is 13.4 Å². The summed E-state index contributed by atoms with van der Waals surface area (Å²) in [6.07, 6.45) is 2.89. The lowest BCUT2D eigenvalue weighted by molar-refractivity contribution is -0.121. The van der Waals surface area contributed by atoms with E-state index in [4.69, 9.17) is 19.3 Å². The van der Waals surface area contributed by atoms with Crippen molar-refractivity contribution in [3.63, 3.8) is 0 Å². The number of hydrogen-bond donors (Lipinski definition) is 1. The van der Waals surface area contributed by atoms with E-state index in [2.05, 4.69) is 5.32 Å². The number of carbonyl (C=O) groups excluding carboxylic acids is 1. The van der Waals surface area contributed by atoms with Crippen LogP contribution in [0.4, 0.5) is 0 Å². The number of nitrogens with one attached hydrogen (secondary N) is 1. The Morgan fingerprint density at radius 1 is 1.00 bits per heavy atom. The van der Waals surface area contributed by atoms with Gasteiger partial charge in [0.15, 0.2) is 11.5 Å². The molecule has 1 aliphatic heterocycles. The lowest BCUT2D eigenvalue weighted by Gasteiger charge is -2.11. The monoisotopic (exact) mass is 469 g/mol. The van der Waals surface area contributed by atoms with Crippen molar-refractivity contribution in [1.82, 2.24) is 15.1 Å². The van der Waals surface area contributed by atoms with Gasteiger partial charge in [0.05, 0.1) is 18.0 Å². The summed E-state index contributed by atoms with van der Waals surface area (Å²) in [4.78, 5) is 12.7.